The molecule has 1 aliphatic heterocycles. The zero-order valence-electron chi connectivity index (χ0n) is 14.6. The normalized spacial score (nSPS) is 17.2. The molecule has 0 bridgehead atoms. The lowest BCUT2D eigenvalue weighted by atomic mass is 10.1. The molecule has 1 fully saturated rings. The van der Waals surface area contributed by atoms with E-state index in [1.165, 1.54) is 11.3 Å². The number of aryl methyl sites for hydroxylation is 1. The minimum absolute atomic E-state index is 0.00526. The molecule has 1 aromatic heterocycles. The third-order valence-corrected chi connectivity index (χ3v) is 5.96. The Hall–Kier alpha value is -1.85. The Balaban J connectivity index is 1.71. The van der Waals surface area contributed by atoms with E-state index in [1.54, 1.807) is 16.8 Å². The molecule has 0 aliphatic carbocycles. The van der Waals surface area contributed by atoms with Crippen LogP contribution in [0.3, 0.4) is 0 Å². The third-order valence-electron chi connectivity index (χ3n) is 4.74. The van der Waals surface area contributed by atoms with Gasteiger partial charge in [0.1, 0.15) is 0 Å². The number of carbonyl (C=O) groups is 2. The molecular formula is C19H21ClN2O2S. The molecule has 1 aliphatic rings. The number of halogens is 1. The third kappa shape index (κ3) is 3.72. The van der Waals surface area contributed by atoms with Gasteiger partial charge in [0.2, 0.25) is 11.8 Å². The fourth-order valence-electron chi connectivity index (χ4n) is 3.19. The van der Waals surface area contributed by atoms with E-state index in [4.69, 9.17) is 11.6 Å². The first kappa shape index (κ1) is 18.0. The van der Waals surface area contributed by atoms with Crippen molar-refractivity contribution in [1.29, 1.82) is 0 Å². The first-order chi connectivity index (χ1) is 11.9. The van der Waals surface area contributed by atoms with Gasteiger partial charge in [-0.05, 0) is 43.2 Å². The molecule has 0 N–H and O–H groups in total. The van der Waals surface area contributed by atoms with E-state index in [-0.39, 0.29) is 24.2 Å². The zero-order valence-corrected chi connectivity index (χ0v) is 16.2. The molecule has 2 amide bonds. The zero-order chi connectivity index (χ0) is 18.1. The summed E-state index contributed by atoms with van der Waals surface area (Å²) in [5, 5.41) is 0. The van der Waals surface area contributed by atoms with Crippen molar-refractivity contribution in [3.63, 3.8) is 0 Å². The van der Waals surface area contributed by atoms with Gasteiger partial charge in [0, 0.05) is 30.6 Å². The molecule has 2 heterocycles. The maximum Gasteiger partial charge on any atom is 0.228 e. The molecule has 0 radical (unpaired) electrons. The van der Waals surface area contributed by atoms with Crippen LogP contribution in [-0.2, 0) is 16.1 Å². The fraction of sp³-hybridized carbons (Fsp3) is 0.368. The number of benzene rings is 1. The van der Waals surface area contributed by atoms with E-state index in [0.29, 0.717) is 17.4 Å². The second-order valence-corrected chi connectivity index (χ2v) is 8.32. The van der Waals surface area contributed by atoms with Gasteiger partial charge in [-0.3, -0.25) is 9.59 Å². The molecule has 25 heavy (non-hydrogen) atoms. The van der Waals surface area contributed by atoms with Crippen LogP contribution in [0.25, 0.3) is 0 Å². The summed E-state index contributed by atoms with van der Waals surface area (Å²) in [7, 11) is 1.78. The van der Waals surface area contributed by atoms with E-state index in [9.17, 15) is 9.59 Å². The smallest absolute Gasteiger partial charge is 0.228 e. The maximum absolute atomic E-state index is 12.7. The van der Waals surface area contributed by atoms with Crippen LogP contribution >= 0.6 is 22.9 Å². The molecule has 6 heteroatoms. The van der Waals surface area contributed by atoms with Gasteiger partial charge in [0.25, 0.3) is 0 Å². The van der Waals surface area contributed by atoms with Crippen LogP contribution in [-0.4, -0.2) is 30.3 Å². The van der Waals surface area contributed by atoms with Gasteiger partial charge in [-0.25, -0.2) is 0 Å². The van der Waals surface area contributed by atoms with Gasteiger partial charge < -0.3 is 9.80 Å². The van der Waals surface area contributed by atoms with Crippen molar-refractivity contribution >= 4 is 40.4 Å². The lowest BCUT2D eigenvalue weighted by molar-refractivity contribution is -0.135. The highest BCUT2D eigenvalue weighted by molar-refractivity contribution is 7.16. The second-order valence-electron chi connectivity index (χ2n) is 6.52. The highest BCUT2D eigenvalue weighted by Crippen LogP contribution is 2.30. The van der Waals surface area contributed by atoms with Crippen LogP contribution in [0.4, 0.5) is 5.69 Å². The SMILES string of the molecule is Cc1cccc(N2CC(C(=O)N(C)Cc3ccc(Cl)s3)CC2=O)c1C. The van der Waals surface area contributed by atoms with Crippen LogP contribution < -0.4 is 4.90 Å². The van der Waals surface area contributed by atoms with Crippen molar-refractivity contribution < 1.29 is 9.59 Å². The largest absolute Gasteiger partial charge is 0.340 e. The number of hydrogen-bond donors (Lipinski definition) is 0. The second kappa shape index (κ2) is 7.18. The van der Waals surface area contributed by atoms with Crippen LogP contribution in [0.15, 0.2) is 30.3 Å². The maximum atomic E-state index is 12.7. The van der Waals surface area contributed by atoms with Crippen molar-refractivity contribution in [1.82, 2.24) is 4.90 Å². The van der Waals surface area contributed by atoms with Crippen LogP contribution in [0, 0.1) is 19.8 Å². The highest BCUT2D eigenvalue weighted by atomic mass is 35.5. The Morgan fingerprint density at radius 3 is 2.76 bits per heavy atom. The summed E-state index contributed by atoms with van der Waals surface area (Å²) in [4.78, 5) is 29.7. The minimum Gasteiger partial charge on any atom is -0.340 e. The Morgan fingerprint density at radius 2 is 2.08 bits per heavy atom. The number of hydrogen-bond acceptors (Lipinski definition) is 3. The summed E-state index contributed by atoms with van der Waals surface area (Å²) in [6.07, 6.45) is 0.266. The average molecular weight is 377 g/mol. The molecule has 132 valence electrons. The van der Waals surface area contributed by atoms with E-state index in [2.05, 4.69) is 0 Å². The standard InChI is InChI=1S/C19H21ClN2O2S/c1-12-5-4-6-16(13(12)2)22-10-14(9-18(22)23)19(24)21(3)11-15-7-8-17(20)25-15/h4-8,14H,9-11H2,1-3H3. The van der Waals surface area contributed by atoms with Gasteiger partial charge in [0.15, 0.2) is 0 Å². The van der Waals surface area contributed by atoms with Gasteiger partial charge in [-0.15, -0.1) is 11.3 Å². The molecule has 0 saturated carbocycles. The average Bonchev–Trinajstić information content (AvgIpc) is 3.15. The molecular weight excluding hydrogens is 356 g/mol. The van der Waals surface area contributed by atoms with E-state index in [0.717, 1.165) is 21.7 Å². The van der Waals surface area contributed by atoms with Gasteiger partial charge in [0.05, 0.1) is 16.8 Å². The van der Waals surface area contributed by atoms with Gasteiger partial charge >= 0.3 is 0 Å². The van der Waals surface area contributed by atoms with Crippen molar-refractivity contribution in [2.45, 2.75) is 26.8 Å². The monoisotopic (exact) mass is 376 g/mol. The van der Waals surface area contributed by atoms with Gasteiger partial charge in [-0.2, -0.15) is 0 Å². The summed E-state index contributed by atoms with van der Waals surface area (Å²) >= 11 is 7.42. The van der Waals surface area contributed by atoms with Crippen LogP contribution in [0.1, 0.15) is 22.4 Å². The molecule has 1 unspecified atom stereocenters. The molecule has 3 rings (SSSR count). The summed E-state index contributed by atoms with van der Waals surface area (Å²) < 4.78 is 0.716. The summed E-state index contributed by atoms with van der Waals surface area (Å²) in [6.45, 7) is 5.00. The summed E-state index contributed by atoms with van der Waals surface area (Å²) in [5.41, 5.74) is 3.14. The Bertz CT molecular complexity index is 818. The lowest BCUT2D eigenvalue weighted by Gasteiger charge is -2.22. The van der Waals surface area contributed by atoms with Crippen LogP contribution in [0.2, 0.25) is 4.34 Å². The Morgan fingerprint density at radius 1 is 1.32 bits per heavy atom. The first-order valence-corrected chi connectivity index (χ1v) is 9.42. The number of carbonyl (C=O) groups excluding carboxylic acids is 2. The van der Waals surface area contributed by atoms with Gasteiger partial charge in [-0.1, -0.05) is 23.7 Å². The number of amides is 2. The van der Waals surface area contributed by atoms with Crippen LogP contribution in [0.5, 0.6) is 0 Å². The fourth-order valence-corrected chi connectivity index (χ4v) is 4.34. The molecule has 0 spiro atoms. The number of anilines is 1. The molecule has 1 saturated heterocycles. The Labute approximate surface area is 157 Å². The first-order valence-electron chi connectivity index (χ1n) is 8.22. The lowest BCUT2D eigenvalue weighted by Crippen LogP contribution is -2.34. The van der Waals surface area contributed by atoms with E-state index in [1.807, 2.05) is 44.2 Å². The van der Waals surface area contributed by atoms with Crippen molar-refractivity contribution in [2.24, 2.45) is 5.92 Å². The topological polar surface area (TPSA) is 40.6 Å². The predicted molar refractivity (Wildman–Crippen MR) is 102 cm³/mol. The van der Waals surface area contributed by atoms with Crippen molar-refractivity contribution in [2.75, 3.05) is 18.5 Å². The quantitative estimate of drug-likeness (QED) is 0.808. The minimum atomic E-state index is -0.298. The Kier molecular flexibility index (Phi) is 5.16. The summed E-state index contributed by atoms with van der Waals surface area (Å²) in [6, 6.07) is 9.69. The summed E-state index contributed by atoms with van der Waals surface area (Å²) in [5.74, 6) is -0.279. The van der Waals surface area contributed by atoms with E-state index < -0.39 is 0 Å². The van der Waals surface area contributed by atoms with E-state index >= 15 is 0 Å². The number of nitrogens with zero attached hydrogens (tertiary/aromatic N) is 2. The molecule has 1 aromatic carbocycles. The number of rotatable bonds is 4. The number of thiophene rings is 1. The molecule has 1 atom stereocenters. The predicted octanol–water partition coefficient (Wildman–Crippen LogP) is 4.03. The molecule has 2 aromatic rings. The van der Waals surface area contributed by atoms with Crippen molar-refractivity contribution in [3.05, 3.63) is 50.7 Å². The van der Waals surface area contributed by atoms with Crippen molar-refractivity contribution in [3.8, 4) is 0 Å². The molecule has 4 nitrogen and oxygen atoms in total. The highest BCUT2D eigenvalue weighted by Gasteiger charge is 2.37.